The highest BCUT2D eigenvalue weighted by atomic mass is 16.5. The van der Waals surface area contributed by atoms with Crippen LogP contribution in [-0.2, 0) is 4.74 Å². The second-order valence-corrected chi connectivity index (χ2v) is 7.06. The molecule has 1 rings (SSSR count). The van der Waals surface area contributed by atoms with Crippen LogP contribution < -0.4 is 11.1 Å². The van der Waals surface area contributed by atoms with Crippen molar-refractivity contribution < 1.29 is 4.74 Å². The van der Waals surface area contributed by atoms with Crippen molar-refractivity contribution >= 4 is 5.96 Å². The first-order chi connectivity index (χ1) is 10.5. The zero-order valence-electron chi connectivity index (χ0n) is 14.9. The number of guanidine groups is 1. The first-order valence-electron chi connectivity index (χ1n) is 8.87. The number of nitrogens with one attached hydrogen (secondary N) is 1. The Balaban J connectivity index is 2.11. The van der Waals surface area contributed by atoms with Crippen LogP contribution in [0.1, 0.15) is 52.9 Å². The predicted octanol–water partition coefficient (Wildman–Crippen LogP) is 2.22. The molecule has 0 amide bonds. The zero-order chi connectivity index (χ0) is 16.3. The maximum Gasteiger partial charge on any atom is 0.188 e. The van der Waals surface area contributed by atoms with Gasteiger partial charge in [0.25, 0.3) is 0 Å². The second kappa shape index (κ2) is 10.8. The van der Waals surface area contributed by atoms with Crippen molar-refractivity contribution in [2.75, 3.05) is 45.9 Å². The number of ether oxygens (including phenoxy) is 1. The smallest absolute Gasteiger partial charge is 0.188 e. The van der Waals surface area contributed by atoms with Gasteiger partial charge < -0.3 is 15.8 Å². The van der Waals surface area contributed by atoms with Gasteiger partial charge in [0.05, 0.1) is 13.2 Å². The molecule has 1 aliphatic heterocycles. The van der Waals surface area contributed by atoms with E-state index in [1.54, 1.807) is 0 Å². The van der Waals surface area contributed by atoms with E-state index in [9.17, 15) is 0 Å². The maximum atomic E-state index is 5.96. The molecule has 0 aromatic carbocycles. The molecule has 1 fully saturated rings. The molecule has 0 saturated carbocycles. The van der Waals surface area contributed by atoms with Gasteiger partial charge in [-0.3, -0.25) is 9.89 Å². The van der Waals surface area contributed by atoms with Crippen molar-refractivity contribution in [3.05, 3.63) is 0 Å². The van der Waals surface area contributed by atoms with Crippen molar-refractivity contribution in [1.29, 1.82) is 0 Å². The molecule has 0 bridgehead atoms. The Hall–Kier alpha value is -0.810. The van der Waals surface area contributed by atoms with Crippen molar-refractivity contribution in [2.24, 2.45) is 16.1 Å². The van der Waals surface area contributed by atoms with Gasteiger partial charge in [0.2, 0.25) is 0 Å². The van der Waals surface area contributed by atoms with Gasteiger partial charge in [-0.05, 0) is 24.8 Å². The third-order valence-electron chi connectivity index (χ3n) is 4.20. The summed E-state index contributed by atoms with van der Waals surface area (Å²) in [4.78, 5) is 6.95. The minimum absolute atomic E-state index is 0.245. The fourth-order valence-corrected chi connectivity index (χ4v) is 2.63. The molecule has 130 valence electrons. The topological polar surface area (TPSA) is 62.9 Å². The molecular weight excluding hydrogens is 276 g/mol. The van der Waals surface area contributed by atoms with Gasteiger partial charge in [0, 0.05) is 26.2 Å². The van der Waals surface area contributed by atoms with Gasteiger partial charge in [-0.2, -0.15) is 0 Å². The van der Waals surface area contributed by atoms with E-state index >= 15 is 0 Å². The zero-order valence-corrected chi connectivity index (χ0v) is 14.9. The van der Waals surface area contributed by atoms with Crippen LogP contribution in [0.5, 0.6) is 0 Å². The molecule has 5 nitrogen and oxygen atoms in total. The highest BCUT2D eigenvalue weighted by Gasteiger charge is 2.16. The lowest BCUT2D eigenvalue weighted by molar-refractivity contribution is 0.0376. The van der Waals surface area contributed by atoms with Crippen LogP contribution in [-0.4, -0.2) is 56.8 Å². The molecule has 22 heavy (non-hydrogen) atoms. The number of nitrogens with two attached hydrogens (primary N) is 1. The Labute approximate surface area is 136 Å². The van der Waals surface area contributed by atoms with E-state index in [1.165, 1.54) is 25.7 Å². The average molecular weight is 313 g/mol. The largest absolute Gasteiger partial charge is 0.379 e. The highest BCUT2D eigenvalue weighted by Crippen LogP contribution is 2.23. The summed E-state index contributed by atoms with van der Waals surface area (Å²) in [6, 6.07) is 0. The van der Waals surface area contributed by atoms with Crippen molar-refractivity contribution in [3.63, 3.8) is 0 Å². The van der Waals surface area contributed by atoms with Crippen LogP contribution in [0.3, 0.4) is 0 Å². The van der Waals surface area contributed by atoms with E-state index in [1.807, 2.05) is 0 Å². The van der Waals surface area contributed by atoms with Gasteiger partial charge in [-0.15, -0.1) is 0 Å². The normalized spacial score (nSPS) is 17.7. The van der Waals surface area contributed by atoms with Crippen LogP contribution in [0.4, 0.5) is 0 Å². The Morgan fingerprint density at radius 3 is 2.64 bits per heavy atom. The quantitative estimate of drug-likeness (QED) is 0.369. The van der Waals surface area contributed by atoms with Gasteiger partial charge in [-0.25, -0.2) is 0 Å². The number of unbranched alkanes of at least 4 members (excludes halogenated alkanes) is 2. The molecule has 1 aliphatic rings. The molecule has 0 aromatic heterocycles. The first kappa shape index (κ1) is 19.2. The van der Waals surface area contributed by atoms with E-state index in [2.05, 4.69) is 36.0 Å². The molecular formula is C17H36N4O. The SMILES string of the molecule is CCCCCC(C)(C)CN=C(N)NCCCN1CCOCC1. The van der Waals surface area contributed by atoms with Gasteiger partial charge >= 0.3 is 0 Å². The van der Waals surface area contributed by atoms with E-state index in [4.69, 9.17) is 10.5 Å². The van der Waals surface area contributed by atoms with Crippen LogP contribution >= 0.6 is 0 Å². The van der Waals surface area contributed by atoms with Crippen molar-refractivity contribution in [3.8, 4) is 0 Å². The van der Waals surface area contributed by atoms with E-state index < -0.39 is 0 Å². The average Bonchev–Trinajstić information content (AvgIpc) is 2.51. The summed E-state index contributed by atoms with van der Waals surface area (Å²) in [7, 11) is 0. The van der Waals surface area contributed by atoms with Gasteiger partial charge in [-0.1, -0.05) is 40.0 Å². The Morgan fingerprint density at radius 1 is 1.23 bits per heavy atom. The monoisotopic (exact) mass is 312 g/mol. The lowest BCUT2D eigenvalue weighted by Crippen LogP contribution is -2.39. The molecule has 1 saturated heterocycles. The number of nitrogens with zero attached hydrogens (tertiary/aromatic N) is 2. The molecule has 0 spiro atoms. The number of hydrogen-bond acceptors (Lipinski definition) is 3. The number of hydrogen-bond donors (Lipinski definition) is 2. The molecule has 5 heteroatoms. The van der Waals surface area contributed by atoms with E-state index in [-0.39, 0.29) is 5.41 Å². The van der Waals surface area contributed by atoms with Crippen LogP contribution in [0, 0.1) is 5.41 Å². The van der Waals surface area contributed by atoms with Gasteiger partial charge in [0.1, 0.15) is 0 Å². The summed E-state index contributed by atoms with van der Waals surface area (Å²) in [5, 5.41) is 3.23. The third-order valence-corrected chi connectivity index (χ3v) is 4.20. The minimum atomic E-state index is 0.245. The third kappa shape index (κ3) is 9.26. The molecule has 0 aliphatic carbocycles. The summed E-state index contributed by atoms with van der Waals surface area (Å²) in [6.07, 6.45) is 6.17. The Bertz CT molecular complexity index is 312. The Kier molecular flexibility index (Phi) is 9.48. The second-order valence-electron chi connectivity index (χ2n) is 7.06. The van der Waals surface area contributed by atoms with Crippen molar-refractivity contribution in [1.82, 2.24) is 10.2 Å². The molecule has 0 aromatic rings. The lowest BCUT2D eigenvalue weighted by atomic mass is 9.87. The first-order valence-corrected chi connectivity index (χ1v) is 8.87. The minimum Gasteiger partial charge on any atom is -0.379 e. The Morgan fingerprint density at radius 2 is 1.95 bits per heavy atom. The maximum absolute atomic E-state index is 5.96. The standard InChI is InChI=1S/C17H36N4O/c1-4-5-6-8-17(2,3)15-20-16(18)19-9-7-10-21-11-13-22-14-12-21/h4-15H2,1-3H3,(H3,18,19,20). The molecule has 3 N–H and O–H groups in total. The van der Waals surface area contributed by atoms with Gasteiger partial charge in [0.15, 0.2) is 5.96 Å². The van der Waals surface area contributed by atoms with Crippen LogP contribution in [0.25, 0.3) is 0 Å². The van der Waals surface area contributed by atoms with E-state index in [0.717, 1.165) is 52.4 Å². The summed E-state index contributed by atoms with van der Waals surface area (Å²) in [5.74, 6) is 0.588. The number of aliphatic imine (C=N–C) groups is 1. The summed E-state index contributed by atoms with van der Waals surface area (Å²) < 4.78 is 5.35. The fraction of sp³-hybridized carbons (Fsp3) is 0.941. The summed E-state index contributed by atoms with van der Waals surface area (Å²) >= 11 is 0. The van der Waals surface area contributed by atoms with Crippen LogP contribution in [0.15, 0.2) is 4.99 Å². The molecule has 0 unspecified atom stereocenters. The summed E-state index contributed by atoms with van der Waals surface area (Å²) in [6.45, 7) is 13.4. The summed E-state index contributed by atoms with van der Waals surface area (Å²) in [5.41, 5.74) is 6.21. The number of morpholine rings is 1. The fourth-order valence-electron chi connectivity index (χ4n) is 2.63. The van der Waals surface area contributed by atoms with Crippen LogP contribution in [0.2, 0.25) is 0 Å². The molecule has 0 atom stereocenters. The molecule has 1 heterocycles. The predicted molar refractivity (Wildman–Crippen MR) is 94.3 cm³/mol. The van der Waals surface area contributed by atoms with Crippen molar-refractivity contribution in [2.45, 2.75) is 52.9 Å². The molecule has 0 radical (unpaired) electrons. The highest BCUT2D eigenvalue weighted by molar-refractivity contribution is 5.77. The number of rotatable bonds is 10. The lowest BCUT2D eigenvalue weighted by Gasteiger charge is -2.26. The van der Waals surface area contributed by atoms with E-state index in [0.29, 0.717) is 5.96 Å².